The molecular weight excluding hydrogens is 266 g/mol. The van der Waals surface area contributed by atoms with Gasteiger partial charge in [-0.2, -0.15) is 0 Å². The molecule has 3 rings (SSSR count). The molecule has 1 aliphatic rings. The number of H-pyrrole nitrogens is 1. The Labute approximate surface area is 123 Å². The van der Waals surface area contributed by atoms with Crippen LogP contribution < -0.4 is 10.6 Å². The first-order valence-corrected chi connectivity index (χ1v) is 7.41. The molecule has 0 radical (unpaired) electrons. The van der Waals surface area contributed by atoms with Crippen LogP contribution in [0.3, 0.4) is 0 Å². The smallest absolute Gasteiger partial charge is 0.313 e. The van der Waals surface area contributed by atoms with Crippen LogP contribution in [0.2, 0.25) is 0 Å². The molecule has 0 unspecified atom stereocenters. The zero-order chi connectivity index (χ0) is 14.7. The number of fused-ring (bicyclic) bond motifs is 1. The van der Waals surface area contributed by atoms with Gasteiger partial charge in [-0.05, 0) is 36.4 Å². The SMILES string of the molecule is O=C(Nc1ccc2cc[nH]c2c1)C(=O)NC1CCCCC1. The molecule has 2 amide bonds. The van der Waals surface area contributed by atoms with Crippen molar-refractivity contribution in [3.8, 4) is 0 Å². The second kappa shape index (κ2) is 5.99. The van der Waals surface area contributed by atoms with Crippen LogP contribution in [-0.4, -0.2) is 22.8 Å². The molecule has 1 heterocycles. The lowest BCUT2D eigenvalue weighted by atomic mass is 9.95. The second-order valence-electron chi connectivity index (χ2n) is 5.54. The summed E-state index contributed by atoms with van der Waals surface area (Å²) in [5.74, 6) is -1.15. The first-order valence-electron chi connectivity index (χ1n) is 7.41. The van der Waals surface area contributed by atoms with E-state index in [1.54, 1.807) is 6.07 Å². The molecule has 1 aromatic carbocycles. The summed E-state index contributed by atoms with van der Waals surface area (Å²) < 4.78 is 0. The Bertz CT molecular complexity index is 656. The van der Waals surface area contributed by atoms with E-state index in [9.17, 15) is 9.59 Å². The largest absolute Gasteiger partial charge is 0.361 e. The minimum atomic E-state index is -0.605. The molecule has 3 N–H and O–H groups in total. The number of carbonyl (C=O) groups is 2. The number of benzene rings is 1. The predicted molar refractivity (Wildman–Crippen MR) is 81.9 cm³/mol. The Hall–Kier alpha value is -2.30. The van der Waals surface area contributed by atoms with Gasteiger partial charge in [0, 0.05) is 23.4 Å². The zero-order valence-corrected chi connectivity index (χ0v) is 11.8. The number of aromatic amines is 1. The Morgan fingerprint density at radius 3 is 2.67 bits per heavy atom. The monoisotopic (exact) mass is 285 g/mol. The van der Waals surface area contributed by atoms with E-state index in [1.807, 2.05) is 24.4 Å². The molecule has 0 aliphatic heterocycles. The highest BCUT2D eigenvalue weighted by Gasteiger charge is 2.20. The normalized spacial score (nSPS) is 15.8. The summed E-state index contributed by atoms with van der Waals surface area (Å²) in [6.45, 7) is 0. The van der Waals surface area contributed by atoms with Gasteiger partial charge < -0.3 is 15.6 Å². The van der Waals surface area contributed by atoms with Gasteiger partial charge in [0.15, 0.2) is 0 Å². The minimum Gasteiger partial charge on any atom is -0.361 e. The average Bonchev–Trinajstić information content (AvgIpc) is 2.95. The number of aromatic nitrogens is 1. The highest BCUT2D eigenvalue weighted by atomic mass is 16.2. The lowest BCUT2D eigenvalue weighted by Gasteiger charge is -2.22. The lowest BCUT2D eigenvalue weighted by Crippen LogP contribution is -2.42. The number of rotatable bonds is 2. The van der Waals surface area contributed by atoms with Gasteiger partial charge in [0.05, 0.1) is 0 Å². The van der Waals surface area contributed by atoms with Crippen molar-refractivity contribution < 1.29 is 9.59 Å². The van der Waals surface area contributed by atoms with Crippen LogP contribution in [0.5, 0.6) is 0 Å². The predicted octanol–water partition coefficient (Wildman–Crippen LogP) is 2.56. The van der Waals surface area contributed by atoms with E-state index in [0.29, 0.717) is 5.69 Å². The summed E-state index contributed by atoms with van der Waals surface area (Å²) in [5, 5.41) is 6.52. The number of nitrogens with one attached hydrogen (secondary N) is 3. The fourth-order valence-corrected chi connectivity index (χ4v) is 2.81. The Morgan fingerprint density at radius 2 is 1.86 bits per heavy atom. The third kappa shape index (κ3) is 3.24. The van der Waals surface area contributed by atoms with E-state index in [4.69, 9.17) is 0 Å². The van der Waals surface area contributed by atoms with Crippen LogP contribution >= 0.6 is 0 Å². The van der Waals surface area contributed by atoms with Crippen molar-refractivity contribution in [1.29, 1.82) is 0 Å². The van der Waals surface area contributed by atoms with Gasteiger partial charge >= 0.3 is 11.8 Å². The molecule has 1 fully saturated rings. The van der Waals surface area contributed by atoms with Gasteiger partial charge in [0.2, 0.25) is 0 Å². The molecule has 1 saturated carbocycles. The standard InChI is InChI=1S/C16H19N3O2/c20-15(18-12-4-2-1-3-5-12)16(21)19-13-7-6-11-8-9-17-14(11)10-13/h6-10,12,17H,1-5H2,(H,18,20)(H,19,21). The number of hydrogen-bond acceptors (Lipinski definition) is 2. The van der Waals surface area contributed by atoms with Gasteiger partial charge in [-0.15, -0.1) is 0 Å². The molecule has 0 bridgehead atoms. The summed E-state index contributed by atoms with van der Waals surface area (Å²) in [7, 11) is 0. The van der Waals surface area contributed by atoms with Crippen molar-refractivity contribution in [2.24, 2.45) is 0 Å². The fraction of sp³-hybridized carbons (Fsp3) is 0.375. The van der Waals surface area contributed by atoms with E-state index in [2.05, 4.69) is 15.6 Å². The molecular formula is C16H19N3O2. The topological polar surface area (TPSA) is 74.0 Å². The average molecular weight is 285 g/mol. The number of hydrogen-bond donors (Lipinski definition) is 3. The molecule has 5 heteroatoms. The summed E-state index contributed by atoms with van der Waals surface area (Å²) in [6.07, 6.45) is 7.23. The maximum absolute atomic E-state index is 11.9. The molecule has 0 saturated heterocycles. The Balaban J connectivity index is 1.60. The van der Waals surface area contributed by atoms with E-state index in [0.717, 1.165) is 36.6 Å². The maximum atomic E-state index is 11.9. The molecule has 0 spiro atoms. The number of amides is 2. The van der Waals surface area contributed by atoms with Gasteiger partial charge in [0.1, 0.15) is 0 Å². The van der Waals surface area contributed by atoms with E-state index >= 15 is 0 Å². The van der Waals surface area contributed by atoms with Crippen LogP contribution in [0.25, 0.3) is 10.9 Å². The van der Waals surface area contributed by atoms with Gasteiger partial charge in [-0.3, -0.25) is 9.59 Å². The summed E-state index contributed by atoms with van der Waals surface area (Å²) in [4.78, 5) is 26.9. The van der Waals surface area contributed by atoms with Crippen molar-refractivity contribution in [3.05, 3.63) is 30.5 Å². The number of anilines is 1. The zero-order valence-electron chi connectivity index (χ0n) is 11.8. The van der Waals surface area contributed by atoms with Gasteiger partial charge in [-0.25, -0.2) is 0 Å². The van der Waals surface area contributed by atoms with Crippen LogP contribution in [-0.2, 0) is 9.59 Å². The van der Waals surface area contributed by atoms with Crippen molar-refractivity contribution in [3.63, 3.8) is 0 Å². The van der Waals surface area contributed by atoms with E-state index < -0.39 is 11.8 Å². The highest BCUT2D eigenvalue weighted by Crippen LogP contribution is 2.18. The van der Waals surface area contributed by atoms with Crippen LogP contribution in [0, 0.1) is 0 Å². The van der Waals surface area contributed by atoms with Crippen LogP contribution in [0.1, 0.15) is 32.1 Å². The highest BCUT2D eigenvalue weighted by molar-refractivity contribution is 6.39. The molecule has 21 heavy (non-hydrogen) atoms. The van der Waals surface area contributed by atoms with E-state index in [-0.39, 0.29) is 6.04 Å². The minimum absolute atomic E-state index is 0.142. The van der Waals surface area contributed by atoms with Gasteiger partial charge in [-0.1, -0.05) is 25.3 Å². The third-order valence-corrected chi connectivity index (χ3v) is 3.96. The maximum Gasteiger partial charge on any atom is 0.313 e. The van der Waals surface area contributed by atoms with Crippen molar-refractivity contribution in [2.75, 3.05) is 5.32 Å². The van der Waals surface area contributed by atoms with Crippen molar-refractivity contribution in [2.45, 2.75) is 38.1 Å². The first kappa shape index (κ1) is 13.7. The molecule has 5 nitrogen and oxygen atoms in total. The molecule has 0 atom stereocenters. The summed E-state index contributed by atoms with van der Waals surface area (Å²) in [6, 6.07) is 7.61. The summed E-state index contributed by atoms with van der Waals surface area (Å²) in [5.41, 5.74) is 1.55. The van der Waals surface area contributed by atoms with Crippen molar-refractivity contribution >= 4 is 28.4 Å². The van der Waals surface area contributed by atoms with Crippen LogP contribution in [0.15, 0.2) is 30.5 Å². The van der Waals surface area contributed by atoms with Crippen LogP contribution in [0.4, 0.5) is 5.69 Å². The number of carbonyl (C=O) groups excluding carboxylic acids is 2. The third-order valence-electron chi connectivity index (χ3n) is 3.96. The quantitative estimate of drug-likeness (QED) is 0.742. The molecule has 110 valence electrons. The Kier molecular flexibility index (Phi) is 3.90. The first-order chi connectivity index (χ1) is 10.2. The lowest BCUT2D eigenvalue weighted by molar-refractivity contribution is -0.136. The van der Waals surface area contributed by atoms with Crippen molar-refractivity contribution in [1.82, 2.24) is 10.3 Å². The molecule has 1 aliphatic carbocycles. The van der Waals surface area contributed by atoms with E-state index in [1.165, 1.54) is 6.42 Å². The second-order valence-corrected chi connectivity index (χ2v) is 5.54. The summed E-state index contributed by atoms with van der Waals surface area (Å²) >= 11 is 0. The molecule has 1 aromatic heterocycles. The Morgan fingerprint density at radius 1 is 1.05 bits per heavy atom. The van der Waals surface area contributed by atoms with Gasteiger partial charge in [0.25, 0.3) is 0 Å². The molecule has 2 aromatic rings. The fourth-order valence-electron chi connectivity index (χ4n) is 2.81.